The molecule has 3 fully saturated rings. The first-order chi connectivity index (χ1) is 13.8. The van der Waals surface area contributed by atoms with Crippen molar-refractivity contribution in [2.45, 2.75) is 56.4 Å². The lowest BCUT2D eigenvalue weighted by molar-refractivity contribution is -0.128. The monoisotopic (exact) mass is 417 g/mol. The summed E-state index contributed by atoms with van der Waals surface area (Å²) in [5, 5.41) is 0. The highest BCUT2D eigenvalue weighted by molar-refractivity contribution is 7.89. The van der Waals surface area contributed by atoms with Gasteiger partial charge in [0.25, 0.3) is 5.91 Å². The fourth-order valence-electron chi connectivity index (χ4n) is 5.62. The number of amides is 3. The van der Waals surface area contributed by atoms with Gasteiger partial charge in [0.05, 0.1) is 4.90 Å². The number of hydrogen-bond acceptors (Lipinski definition) is 4. The molecule has 3 amide bonds. The number of urea groups is 1. The third kappa shape index (κ3) is 2.83. The average molecular weight is 418 g/mol. The average Bonchev–Trinajstić information content (AvgIpc) is 3.37. The van der Waals surface area contributed by atoms with E-state index in [1.54, 1.807) is 15.3 Å². The zero-order chi connectivity index (χ0) is 20.4. The van der Waals surface area contributed by atoms with E-state index >= 15 is 0 Å². The van der Waals surface area contributed by atoms with Gasteiger partial charge in [0.2, 0.25) is 10.0 Å². The number of carbonyl (C=O) groups is 2. The van der Waals surface area contributed by atoms with Crippen LogP contribution in [0.2, 0.25) is 0 Å². The molecule has 0 bridgehead atoms. The van der Waals surface area contributed by atoms with E-state index in [0.717, 1.165) is 24.8 Å². The van der Waals surface area contributed by atoms with Gasteiger partial charge in [-0.25, -0.2) is 13.2 Å². The number of fused-ring (bicyclic) bond motifs is 2. The van der Waals surface area contributed by atoms with Crippen molar-refractivity contribution in [3.8, 4) is 0 Å². The van der Waals surface area contributed by atoms with Gasteiger partial charge in [-0.15, -0.1) is 0 Å². The van der Waals surface area contributed by atoms with Gasteiger partial charge in [-0.3, -0.25) is 9.69 Å². The number of nitrogens with zero attached hydrogens (tertiary/aromatic N) is 3. The highest BCUT2D eigenvalue weighted by Crippen LogP contribution is 2.46. The number of sulfonamides is 1. The van der Waals surface area contributed by atoms with Crippen LogP contribution in [-0.4, -0.2) is 66.7 Å². The molecule has 0 radical (unpaired) electrons. The Kier molecular flexibility index (Phi) is 4.30. The Hall–Kier alpha value is -1.93. The summed E-state index contributed by atoms with van der Waals surface area (Å²) in [6, 6.07) is 5.01. The van der Waals surface area contributed by atoms with Crippen molar-refractivity contribution in [1.82, 2.24) is 14.1 Å². The fraction of sp³-hybridized carbons (Fsp3) is 0.619. The molecular formula is C21H27N3O4S. The van der Waals surface area contributed by atoms with Gasteiger partial charge in [0, 0.05) is 26.2 Å². The van der Waals surface area contributed by atoms with Gasteiger partial charge in [-0.2, -0.15) is 4.31 Å². The maximum atomic E-state index is 13.2. The fourth-order valence-corrected chi connectivity index (χ4v) is 7.11. The smallest absolute Gasteiger partial charge is 0.312 e. The van der Waals surface area contributed by atoms with E-state index in [2.05, 4.69) is 0 Å². The highest BCUT2D eigenvalue weighted by Gasteiger charge is 2.56. The standard InChI is InChI=1S/C21H27N3O4S/c1-2-23-19(25)18-13-21(14-24(18)20(23)26)8-10-22(11-9-21)29(27,28)17-7-6-15-4-3-5-16(15)12-17/h6-7,12,18H,2-5,8-11,13-14H2,1H3. The first kappa shape index (κ1) is 19.1. The van der Waals surface area contributed by atoms with Gasteiger partial charge in [-0.1, -0.05) is 6.07 Å². The number of carbonyl (C=O) groups excluding carboxylic acids is 2. The maximum absolute atomic E-state index is 13.2. The Bertz CT molecular complexity index is 956. The van der Waals surface area contributed by atoms with Crippen LogP contribution in [0.4, 0.5) is 4.79 Å². The number of benzene rings is 1. The summed E-state index contributed by atoms with van der Waals surface area (Å²) in [5.41, 5.74) is 2.29. The van der Waals surface area contributed by atoms with Crippen LogP contribution in [0.5, 0.6) is 0 Å². The Morgan fingerprint density at radius 2 is 1.83 bits per heavy atom. The molecule has 8 heteroatoms. The lowest BCUT2D eigenvalue weighted by Crippen LogP contribution is -2.45. The summed E-state index contributed by atoms with van der Waals surface area (Å²) in [6.45, 7) is 3.67. The third-order valence-electron chi connectivity index (χ3n) is 7.34. The summed E-state index contributed by atoms with van der Waals surface area (Å²) in [5.74, 6) is -0.0948. The molecule has 7 nitrogen and oxygen atoms in total. The van der Waals surface area contributed by atoms with Crippen LogP contribution >= 0.6 is 0 Å². The van der Waals surface area contributed by atoms with Crippen molar-refractivity contribution < 1.29 is 18.0 Å². The molecule has 0 N–H and O–H groups in total. The number of rotatable bonds is 3. The molecule has 1 aromatic carbocycles. The molecule has 29 heavy (non-hydrogen) atoms. The molecule has 3 saturated heterocycles. The summed E-state index contributed by atoms with van der Waals surface area (Å²) >= 11 is 0. The first-order valence-corrected chi connectivity index (χ1v) is 12.0. The van der Waals surface area contributed by atoms with E-state index in [0.29, 0.717) is 50.3 Å². The first-order valence-electron chi connectivity index (χ1n) is 10.6. The van der Waals surface area contributed by atoms with Crippen molar-refractivity contribution in [3.63, 3.8) is 0 Å². The summed E-state index contributed by atoms with van der Waals surface area (Å²) < 4.78 is 27.9. The Morgan fingerprint density at radius 3 is 2.52 bits per heavy atom. The predicted molar refractivity (Wildman–Crippen MR) is 107 cm³/mol. The molecular weight excluding hydrogens is 390 g/mol. The second kappa shape index (κ2) is 6.54. The zero-order valence-corrected chi connectivity index (χ0v) is 17.6. The van der Waals surface area contributed by atoms with Gasteiger partial charge in [0.15, 0.2) is 0 Å². The van der Waals surface area contributed by atoms with Crippen LogP contribution in [-0.2, 0) is 27.7 Å². The van der Waals surface area contributed by atoms with Crippen molar-refractivity contribution in [1.29, 1.82) is 0 Å². The minimum atomic E-state index is -3.51. The largest absolute Gasteiger partial charge is 0.327 e. The Morgan fingerprint density at radius 1 is 1.10 bits per heavy atom. The Labute approximate surface area is 171 Å². The lowest BCUT2D eigenvalue weighted by atomic mass is 9.77. The van der Waals surface area contributed by atoms with Crippen LogP contribution < -0.4 is 0 Å². The van der Waals surface area contributed by atoms with Crippen molar-refractivity contribution >= 4 is 22.0 Å². The van der Waals surface area contributed by atoms with Gasteiger partial charge >= 0.3 is 6.03 Å². The third-order valence-corrected chi connectivity index (χ3v) is 9.24. The second-order valence-corrected chi connectivity index (χ2v) is 10.8. The molecule has 0 saturated carbocycles. The predicted octanol–water partition coefficient (Wildman–Crippen LogP) is 2.00. The van der Waals surface area contributed by atoms with E-state index < -0.39 is 10.0 Å². The maximum Gasteiger partial charge on any atom is 0.327 e. The topological polar surface area (TPSA) is 78.0 Å². The summed E-state index contributed by atoms with van der Waals surface area (Å²) in [4.78, 5) is 28.4. The molecule has 1 atom stereocenters. The van der Waals surface area contributed by atoms with Crippen LogP contribution in [0.15, 0.2) is 23.1 Å². The van der Waals surface area contributed by atoms with Crippen LogP contribution in [0.3, 0.4) is 0 Å². The number of aryl methyl sites for hydroxylation is 2. The quantitative estimate of drug-likeness (QED) is 0.705. The SMILES string of the molecule is CCN1C(=O)C2CC3(CCN(S(=O)(=O)c4ccc5c(c4)CCC5)CC3)CN2C1=O. The van der Waals surface area contributed by atoms with Crippen molar-refractivity contribution in [2.24, 2.45) is 5.41 Å². The molecule has 3 aliphatic heterocycles. The molecule has 1 spiro atoms. The van der Waals surface area contributed by atoms with Crippen LogP contribution in [0.25, 0.3) is 0 Å². The van der Waals surface area contributed by atoms with Gasteiger partial charge in [-0.05, 0) is 74.1 Å². The molecule has 0 aromatic heterocycles. The normalized spacial score (nSPS) is 26.4. The van der Waals surface area contributed by atoms with E-state index in [9.17, 15) is 18.0 Å². The van der Waals surface area contributed by atoms with Crippen LogP contribution in [0, 0.1) is 5.41 Å². The van der Waals surface area contributed by atoms with E-state index in [-0.39, 0.29) is 23.4 Å². The molecule has 1 aliphatic carbocycles. The molecule has 3 heterocycles. The van der Waals surface area contributed by atoms with Gasteiger partial charge < -0.3 is 4.90 Å². The number of hydrogen-bond donors (Lipinski definition) is 0. The molecule has 1 unspecified atom stereocenters. The van der Waals surface area contributed by atoms with Crippen molar-refractivity contribution in [3.05, 3.63) is 29.3 Å². The Balaban J connectivity index is 1.30. The molecule has 156 valence electrons. The highest BCUT2D eigenvalue weighted by atomic mass is 32.2. The van der Waals surface area contributed by atoms with E-state index in [1.807, 2.05) is 19.1 Å². The van der Waals surface area contributed by atoms with Gasteiger partial charge in [0.1, 0.15) is 6.04 Å². The zero-order valence-electron chi connectivity index (χ0n) is 16.8. The van der Waals surface area contributed by atoms with E-state index in [1.165, 1.54) is 10.5 Å². The van der Waals surface area contributed by atoms with Crippen LogP contribution in [0.1, 0.15) is 43.7 Å². The lowest BCUT2D eigenvalue weighted by Gasteiger charge is -2.39. The molecule has 4 aliphatic rings. The molecule has 1 aromatic rings. The number of imide groups is 1. The van der Waals surface area contributed by atoms with Crippen molar-refractivity contribution in [2.75, 3.05) is 26.2 Å². The minimum Gasteiger partial charge on any atom is -0.312 e. The summed E-state index contributed by atoms with van der Waals surface area (Å²) in [7, 11) is -3.51. The second-order valence-electron chi connectivity index (χ2n) is 8.90. The summed E-state index contributed by atoms with van der Waals surface area (Å²) in [6.07, 6.45) is 5.12. The number of piperidine rings is 1. The number of likely N-dealkylation sites (N-methyl/N-ethyl adjacent to an activating group) is 1. The van der Waals surface area contributed by atoms with E-state index in [4.69, 9.17) is 0 Å². The molecule has 5 rings (SSSR count). The minimum absolute atomic E-state index is 0.0948.